The van der Waals surface area contributed by atoms with Crippen molar-refractivity contribution in [1.29, 1.82) is 0 Å². The van der Waals surface area contributed by atoms with Gasteiger partial charge >= 0.3 is 5.97 Å². The Morgan fingerprint density at radius 2 is 1.33 bits per heavy atom. The average Bonchev–Trinajstić information content (AvgIpc) is 2.88. The third kappa shape index (κ3) is 11.0. The molecule has 0 aliphatic carbocycles. The molecule has 5 heteroatoms. The van der Waals surface area contributed by atoms with E-state index in [0.29, 0.717) is 12.0 Å². The molecule has 3 nitrogen and oxygen atoms in total. The Morgan fingerprint density at radius 1 is 0.846 bits per heavy atom. The summed E-state index contributed by atoms with van der Waals surface area (Å²) in [4.78, 5) is 24.2. The van der Waals surface area contributed by atoms with Gasteiger partial charge in [-0.25, -0.2) is 4.79 Å². The van der Waals surface area contributed by atoms with E-state index in [1.54, 1.807) is 0 Å². The van der Waals surface area contributed by atoms with Gasteiger partial charge in [0, 0.05) is 38.1 Å². The fourth-order valence-electron chi connectivity index (χ4n) is 4.23. The summed E-state index contributed by atoms with van der Waals surface area (Å²) in [5.41, 5.74) is 1.67. The maximum Gasteiger partial charge on any atom is 0.338 e. The maximum atomic E-state index is 12.4. The van der Waals surface area contributed by atoms with Crippen LogP contribution in [-0.2, 0) is 48.7 Å². The van der Waals surface area contributed by atoms with E-state index < -0.39 is 7.92 Å². The van der Waals surface area contributed by atoms with E-state index in [2.05, 4.69) is 65.0 Å². The molecule has 0 aliphatic rings. The number of carbonyl (C=O) groups excluding carboxylic acids is 2. The molecule has 0 fully saturated rings. The van der Waals surface area contributed by atoms with E-state index in [9.17, 15) is 9.59 Å². The zero-order valence-electron chi connectivity index (χ0n) is 24.7. The zero-order chi connectivity index (χ0) is 28.5. The van der Waals surface area contributed by atoms with Gasteiger partial charge in [-0.15, -0.1) is 5.92 Å². The average molecular weight is 620 g/mol. The first-order valence-electron chi connectivity index (χ1n) is 13.1. The smallest absolute Gasteiger partial charge is 0.338 e. The normalized spacial score (nSPS) is 12.1. The van der Waals surface area contributed by atoms with Gasteiger partial charge in [0.05, 0.1) is 12.7 Å². The third-order valence-electron chi connectivity index (χ3n) is 5.99. The molecule has 207 valence electrons. The molecule has 0 bridgehead atoms. The standard InChI is InChI=1S/C22H20O2P.C12H23O.Y/c1-3-17-14-15-20(22(23)24-2)21(16-17)25(18-10-6-4-7-11-18)19-12-8-5-9-13-19;1-9(8-11(2,3)4)10(13)12(5,6)7;/h4-16H,1,3H2,2H3;9H,1,8H2,2-7H3;/q2*-1;. The Bertz CT molecular complexity index is 1140. The van der Waals surface area contributed by atoms with Crippen molar-refractivity contribution in [1.82, 2.24) is 0 Å². The summed E-state index contributed by atoms with van der Waals surface area (Å²) in [5.74, 6) is -0.104. The number of hydrogen-bond donors (Lipinski definition) is 0. The number of ether oxygens (including phenoxy) is 1. The van der Waals surface area contributed by atoms with E-state index in [0.717, 1.165) is 17.3 Å². The number of rotatable bonds is 7. The Morgan fingerprint density at radius 3 is 1.72 bits per heavy atom. The molecule has 0 saturated carbocycles. The van der Waals surface area contributed by atoms with Crippen LogP contribution in [0.4, 0.5) is 0 Å². The molecular formula is C34H43O3PY-2. The molecule has 0 amide bonds. The first-order chi connectivity index (χ1) is 17.8. The molecule has 0 saturated heterocycles. The van der Waals surface area contributed by atoms with Gasteiger partial charge < -0.3 is 23.4 Å². The summed E-state index contributed by atoms with van der Waals surface area (Å²) < 4.78 is 5.03. The molecule has 0 aromatic heterocycles. The molecule has 1 unspecified atom stereocenters. The fraction of sp³-hybridized carbons (Fsp3) is 0.353. The zero-order valence-corrected chi connectivity index (χ0v) is 28.4. The minimum atomic E-state index is -0.855. The quantitative estimate of drug-likeness (QED) is 0.161. The molecule has 1 atom stereocenters. The summed E-state index contributed by atoms with van der Waals surface area (Å²) in [6.07, 6.45) is 1.55. The van der Waals surface area contributed by atoms with Crippen molar-refractivity contribution in [3.05, 3.63) is 104 Å². The van der Waals surface area contributed by atoms with Crippen molar-refractivity contribution in [3.63, 3.8) is 0 Å². The number of ketones is 1. The van der Waals surface area contributed by atoms with E-state index in [-0.39, 0.29) is 61.2 Å². The predicted octanol–water partition coefficient (Wildman–Crippen LogP) is 7.09. The summed E-state index contributed by atoms with van der Waals surface area (Å²) in [6.45, 7) is 20.2. The van der Waals surface area contributed by atoms with Gasteiger partial charge in [0.15, 0.2) is 0 Å². The first-order valence-corrected chi connectivity index (χ1v) is 14.4. The Labute approximate surface area is 263 Å². The van der Waals surface area contributed by atoms with Crippen molar-refractivity contribution >= 4 is 35.6 Å². The number of Topliss-reactive ketones (excluding diaryl/α,β-unsaturated/α-hetero) is 1. The second-order valence-corrected chi connectivity index (χ2v) is 13.9. The fourth-order valence-corrected chi connectivity index (χ4v) is 6.72. The molecule has 0 heterocycles. The van der Waals surface area contributed by atoms with Crippen molar-refractivity contribution < 1.29 is 47.0 Å². The van der Waals surface area contributed by atoms with E-state index >= 15 is 0 Å². The molecule has 1 radical (unpaired) electrons. The van der Waals surface area contributed by atoms with Crippen LogP contribution < -0.4 is 15.9 Å². The van der Waals surface area contributed by atoms with Gasteiger partial charge in [-0.2, -0.15) is 6.42 Å². The van der Waals surface area contributed by atoms with Crippen molar-refractivity contribution in [2.24, 2.45) is 16.7 Å². The Kier molecular flexibility index (Phi) is 14.5. The van der Waals surface area contributed by atoms with Crippen LogP contribution in [0.5, 0.6) is 0 Å². The molecule has 3 rings (SSSR count). The number of hydrogen-bond acceptors (Lipinski definition) is 3. The van der Waals surface area contributed by atoms with Crippen LogP contribution in [0.1, 0.15) is 63.9 Å². The van der Waals surface area contributed by atoms with Gasteiger partial charge in [0.2, 0.25) is 0 Å². The molecule has 3 aromatic rings. The van der Waals surface area contributed by atoms with Crippen molar-refractivity contribution in [2.75, 3.05) is 7.11 Å². The Balaban J connectivity index is 0.000000466. The first kappa shape index (κ1) is 35.4. The molecule has 3 aromatic carbocycles. The molecular weight excluding hydrogens is 576 g/mol. The van der Waals surface area contributed by atoms with Crippen LogP contribution >= 0.6 is 7.92 Å². The van der Waals surface area contributed by atoms with Crippen LogP contribution in [0.2, 0.25) is 0 Å². The summed E-state index contributed by atoms with van der Waals surface area (Å²) in [5, 5.41) is 3.42. The molecule has 0 N–H and O–H groups in total. The van der Waals surface area contributed by atoms with Crippen molar-refractivity contribution in [2.45, 2.75) is 54.4 Å². The number of benzene rings is 3. The third-order valence-corrected chi connectivity index (χ3v) is 8.48. The van der Waals surface area contributed by atoms with E-state index in [1.807, 2.05) is 69.3 Å². The van der Waals surface area contributed by atoms with Crippen LogP contribution in [0, 0.1) is 30.6 Å². The molecule has 39 heavy (non-hydrogen) atoms. The van der Waals surface area contributed by atoms with Gasteiger partial charge in [-0.1, -0.05) is 126 Å². The second-order valence-electron chi connectivity index (χ2n) is 11.7. The minimum absolute atomic E-state index is 0. The van der Waals surface area contributed by atoms with Crippen molar-refractivity contribution in [3.8, 4) is 0 Å². The van der Waals surface area contributed by atoms with Gasteiger partial charge in [-0.3, -0.25) is 0 Å². The van der Waals surface area contributed by atoms with Crippen LogP contribution in [0.15, 0.2) is 78.9 Å². The summed E-state index contributed by atoms with van der Waals surface area (Å²) >= 11 is 0. The van der Waals surface area contributed by atoms with E-state index in [4.69, 9.17) is 4.74 Å². The predicted molar refractivity (Wildman–Crippen MR) is 163 cm³/mol. The topological polar surface area (TPSA) is 43.4 Å². The molecule has 0 aliphatic heterocycles. The monoisotopic (exact) mass is 619 g/mol. The van der Waals surface area contributed by atoms with Gasteiger partial charge in [0.25, 0.3) is 0 Å². The van der Waals surface area contributed by atoms with Gasteiger partial charge in [-0.05, 0) is 35.3 Å². The summed E-state index contributed by atoms with van der Waals surface area (Å²) in [7, 11) is 0.570. The number of carbonyl (C=O) groups is 2. The Hall–Kier alpha value is -1.67. The van der Waals surface area contributed by atoms with E-state index in [1.165, 1.54) is 17.7 Å². The summed E-state index contributed by atoms with van der Waals surface area (Å²) in [6, 6.07) is 26.6. The maximum absolute atomic E-state index is 12.4. The number of methoxy groups -OCH3 is 1. The SMILES string of the molecule is [CH2-]C(CC(C)(C)C)C(=O)C(C)(C)C.[CH2-]Cc1ccc(C(=O)OC)c(P(c2ccccc2)c2ccccc2)c1.[Y]. The van der Waals surface area contributed by atoms with Crippen LogP contribution in [0.3, 0.4) is 0 Å². The largest absolute Gasteiger partial charge is 0.465 e. The van der Waals surface area contributed by atoms with Crippen LogP contribution in [-0.4, -0.2) is 18.9 Å². The van der Waals surface area contributed by atoms with Gasteiger partial charge in [0.1, 0.15) is 5.78 Å². The number of esters is 1. The van der Waals surface area contributed by atoms with Crippen LogP contribution in [0.25, 0.3) is 0 Å². The minimum Gasteiger partial charge on any atom is -0.465 e. The second kappa shape index (κ2) is 15.9. The molecule has 0 spiro atoms.